The Morgan fingerprint density at radius 2 is 2.00 bits per heavy atom. The van der Waals surface area contributed by atoms with E-state index in [-0.39, 0.29) is 11.1 Å². The molecule has 0 atom stereocenters. The van der Waals surface area contributed by atoms with Gasteiger partial charge in [0.2, 0.25) is 0 Å². The molecule has 0 saturated carbocycles. The van der Waals surface area contributed by atoms with Gasteiger partial charge in [0, 0.05) is 12.0 Å². The van der Waals surface area contributed by atoms with Gasteiger partial charge in [0.1, 0.15) is 11.4 Å². The van der Waals surface area contributed by atoms with Crippen LogP contribution < -0.4 is 10.5 Å². The highest BCUT2D eigenvalue weighted by Gasteiger charge is 2.30. The van der Waals surface area contributed by atoms with E-state index in [1.807, 2.05) is 19.9 Å². The van der Waals surface area contributed by atoms with Crippen LogP contribution in [0.15, 0.2) is 18.2 Å². The van der Waals surface area contributed by atoms with Gasteiger partial charge in [-0.1, -0.05) is 12.1 Å². The zero-order valence-corrected chi connectivity index (χ0v) is 9.92. The Morgan fingerprint density at radius 1 is 1.33 bits per heavy atom. The number of hydrogen-bond acceptors (Lipinski definition) is 2. The van der Waals surface area contributed by atoms with Gasteiger partial charge in [-0.05, 0) is 44.9 Å². The highest BCUT2D eigenvalue weighted by molar-refractivity contribution is 5.43. The molecule has 0 fully saturated rings. The highest BCUT2D eigenvalue weighted by atomic mass is 16.5. The smallest absolute Gasteiger partial charge is 0.123 e. The lowest BCUT2D eigenvalue weighted by Crippen LogP contribution is -2.28. The number of ether oxygens (including phenoxy) is 1. The van der Waals surface area contributed by atoms with Crippen LogP contribution in [0.4, 0.5) is 0 Å². The molecule has 0 aromatic heterocycles. The molecule has 82 valence electrons. The molecule has 2 nitrogen and oxygen atoms in total. The Labute approximate surface area is 91.4 Å². The van der Waals surface area contributed by atoms with Crippen molar-refractivity contribution in [3.8, 4) is 5.75 Å². The largest absolute Gasteiger partial charge is 0.487 e. The van der Waals surface area contributed by atoms with Crippen molar-refractivity contribution in [1.82, 2.24) is 0 Å². The molecule has 15 heavy (non-hydrogen) atoms. The fourth-order valence-electron chi connectivity index (χ4n) is 2.01. The molecular weight excluding hydrogens is 186 g/mol. The van der Waals surface area contributed by atoms with Crippen LogP contribution in [-0.4, -0.2) is 5.60 Å². The van der Waals surface area contributed by atoms with Crippen molar-refractivity contribution >= 4 is 0 Å². The summed E-state index contributed by atoms with van der Waals surface area (Å²) in [5.41, 5.74) is 8.17. The van der Waals surface area contributed by atoms with E-state index >= 15 is 0 Å². The first kappa shape index (κ1) is 10.5. The lowest BCUT2D eigenvalue weighted by molar-refractivity contribution is 0.138. The monoisotopic (exact) mass is 205 g/mol. The molecule has 1 aromatic carbocycles. The van der Waals surface area contributed by atoms with Gasteiger partial charge in [-0.15, -0.1) is 0 Å². The molecule has 0 radical (unpaired) electrons. The van der Waals surface area contributed by atoms with E-state index < -0.39 is 0 Å². The molecule has 2 heteroatoms. The first-order chi connectivity index (χ1) is 6.78. The molecule has 0 aliphatic carbocycles. The molecule has 0 spiro atoms. The van der Waals surface area contributed by atoms with Crippen LogP contribution in [-0.2, 0) is 12.0 Å². The van der Waals surface area contributed by atoms with Gasteiger partial charge >= 0.3 is 0 Å². The van der Waals surface area contributed by atoms with Gasteiger partial charge in [0.15, 0.2) is 0 Å². The molecular formula is C13H19NO. The van der Waals surface area contributed by atoms with E-state index in [1.54, 1.807) is 0 Å². The Kier molecular flexibility index (Phi) is 2.09. The average molecular weight is 205 g/mol. The summed E-state index contributed by atoms with van der Waals surface area (Å²) in [4.78, 5) is 0. The summed E-state index contributed by atoms with van der Waals surface area (Å²) in [5, 5.41) is 0. The fraction of sp³-hybridized carbons (Fsp3) is 0.538. The van der Waals surface area contributed by atoms with Crippen LogP contribution in [0.1, 0.15) is 38.8 Å². The molecule has 0 amide bonds. The summed E-state index contributed by atoms with van der Waals surface area (Å²) in [7, 11) is 0. The molecule has 1 aromatic rings. The summed E-state index contributed by atoms with van der Waals surface area (Å²) >= 11 is 0. The third-order valence-corrected chi connectivity index (χ3v) is 2.81. The maximum Gasteiger partial charge on any atom is 0.123 e. The highest BCUT2D eigenvalue weighted by Crippen LogP contribution is 2.36. The lowest BCUT2D eigenvalue weighted by Gasteiger charge is -2.19. The van der Waals surface area contributed by atoms with Crippen molar-refractivity contribution in [2.75, 3.05) is 0 Å². The number of rotatable bonds is 1. The number of fused-ring (bicyclic) bond motifs is 1. The molecule has 2 rings (SSSR count). The van der Waals surface area contributed by atoms with Crippen molar-refractivity contribution in [1.29, 1.82) is 0 Å². The molecule has 0 bridgehead atoms. The fourth-order valence-corrected chi connectivity index (χ4v) is 2.01. The van der Waals surface area contributed by atoms with Crippen LogP contribution in [0.2, 0.25) is 0 Å². The van der Waals surface area contributed by atoms with E-state index in [0.29, 0.717) is 0 Å². The summed E-state index contributed by atoms with van der Waals surface area (Å²) in [5.74, 6) is 1.01. The van der Waals surface area contributed by atoms with Crippen molar-refractivity contribution in [2.45, 2.75) is 45.3 Å². The standard InChI is InChI=1S/C13H19NO/c1-12(2)8-9-7-10(13(3,4)14)5-6-11(9)15-12/h5-7H,8,14H2,1-4H3. The first-order valence-corrected chi connectivity index (χ1v) is 5.39. The SMILES string of the molecule is CC1(C)Cc2cc(C(C)(C)N)ccc2O1. The second kappa shape index (κ2) is 2.99. The van der Waals surface area contributed by atoms with Crippen molar-refractivity contribution < 1.29 is 4.74 Å². The lowest BCUT2D eigenvalue weighted by atomic mass is 9.92. The van der Waals surface area contributed by atoms with Crippen LogP contribution in [0.25, 0.3) is 0 Å². The van der Waals surface area contributed by atoms with E-state index in [0.717, 1.165) is 12.2 Å². The number of nitrogens with two attached hydrogens (primary N) is 1. The zero-order chi connectivity index (χ0) is 11.3. The summed E-state index contributed by atoms with van der Waals surface area (Å²) < 4.78 is 5.82. The second-order valence-corrected chi connectivity index (χ2v) is 5.58. The normalized spacial score (nSPS) is 18.5. The van der Waals surface area contributed by atoms with Gasteiger partial charge in [-0.2, -0.15) is 0 Å². The molecule has 1 heterocycles. The third-order valence-electron chi connectivity index (χ3n) is 2.81. The Hall–Kier alpha value is -1.02. The topological polar surface area (TPSA) is 35.2 Å². The zero-order valence-electron chi connectivity index (χ0n) is 9.92. The minimum Gasteiger partial charge on any atom is -0.487 e. The molecule has 2 N–H and O–H groups in total. The van der Waals surface area contributed by atoms with E-state index in [1.165, 1.54) is 11.1 Å². The minimum atomic E-state index is -0.276. The molecule has 1 aliphatic heterocycles. The van der Waals surface area contributed by atoms with Crippen molar-refractivity contribution in [2.24, 2.45) is 5.73 Å². The van der Waals surface area contributed by atoms with Crippen molar-refractivity contribution in [3.05, 3.63) is 29.3 Å². The van der Waals surface area contributed by atoms with Gasteiger partial charge in [0.25, 0.3) is 0 Å². The van der Waals surface area contributed by atoms with Crippen LogP contribution in [0.3, 0.4) is 0 Å². The van der Waals surface area contributed by atoms with Crippen LogP contribution in [0, 0.1) is 0 Å². The van der Waals surface area contributed by atoms with E-state index in [9.17, 15) is 0 Å². The van der Waals surface area contributed by atoms with Crippen LogP contribution >= 0.6 is 0 Å². The van der Waals surface area contributed by atoms with Gasteiger partial charge in [0.05, 0.1) is 0 Å². The van der Waals surface area contributed by atoms with E-state index in [4.69, 9.17) is 10.5 Å². The second-order valence-electron chi connectivity index (χ2n) is 5.58. The predicted molar refractivity (Wildman–Crippen MR) is 62.1 cm³/mol. The summed E-state index contributed by atoms with van der Waals surface area (Å²) in [6.45, 7) is 8.27. The first-order valence-electron chi connectivity index (χ1n) is 5.39. The molecule has 1 aliphatic rings. The van der Waals surface area contributed by atoms with E-state index in [2.05, 4.69) is 26.0 Å². The average Bonchev–Trinajstić information content (AvgIpc) is 2.34. The number of benzene rings is 1. The van der Waals surface area contributed by atoms with Crippen molar-refractivity contribution in [3.63, 3.8) is 0 Å². The predicted octanol–water partition coefficient (Wildman–Crippen LogP) is 2.59. The number of hydrogen-bond donors (Lipinski definition) is 1. The maximum absolute atomic E-state index is 6.08. The summed E-state index contributed by atoms with van der Waals surface area (Å²) in [6.07, 6.45) is 0.965. The minimum absolute atomic E-state index is 0.0697. The van der Waals surface area contributed by atoms with Crippen LogP contribution in [0.5, 0.6) is 5.75 Å². The Balaban J connectivity index is 2.39. The molecule has 0 unspecified atom stereocenters. The Morgan fingerprint density at radius 3 is 2.60 bits per heavy atom. The van der Waals surface area contributed by atoms with Gasteiger partial charge in [-0.3, -0.25) is 0 Å². The third kappa shape index (κ3) is 2.00. The molecule has 0 saturated heterocycles. The summed E-state index contributed by atoms with van der Waals surface area (Å²) in [6, 6.07) is 6.26. The van der Waals surface area contributed by atoms with Gasteiger partial charge in [-0.25, -0.2) is 0 Å². The maximum atomic E-state index is 6.08. The quantitative estimate of drug-likeness (QED) is 0.764. The van der Waals surface area contributed by atoms with Gasteiger partial charge < -0.3 is 10.5 Å². The Bertz CT molecular complexity index is 388.